The number of amides is 2. The lowest BCUT2D eigenvalue weighted by molar-refractivity contribution is -0.147. The Kier molecular flexibility index (Phi) is 10.5. The highest BCUT2D eigenvalue weighted by molar-refractivity contribution is 8.13. The van der Waals surface area contributed by atoms with Crippen LogP contribution in [-0.4, -0.2) is 51.8 Å². The van der Waals surface area contributed by atoms with Crippen LogP contribution in [0.1, 0.15) is 66.5 Å². The van der Waals surface area contributed by atoms with Crippen molar-refractivity contribution in [2.24, 2.45) is 5.92 Å². The third-order valence-corrected chi connectivity index (χ3v) is 5.14. The quantitative estimate of drug-likeness (QED) is 0.377. The van der Waals surface area contributed by atoms with E-state index in [1.807, 2.05) is 0 Å². The lowest BCUT2D eigenvalue weighted by Crippen LogP contribution is -2.44. The highest BCUT2D eigenvalue weighted by atomic mass is 32.2. The monoisotopic (exact) mass is 496 g/mol. The lowest BCUT2D eigenvalue weighted by atomic mass is 9.99. The number of imide groups is 1. The molecular formula is C24H36N2O7S. The van der Waals surface area contributed by atoms with Gasteiger partial charge in [0.05, 0.1) is 12.5 Å². The maximum absolute atomic E-state index is 12.8. The summed E-state index contributed by atoms with van der Waals surface area (Å²) in [7, 11) is 0. The van der Waals surface area contributed by atoms with Gasteiger partial charge in [-0.2, -0.15) is 4.90 Å². The van der Waals surface area contributed by atoms with Crippen molar-refractivity contribution in [3.63, 3.8) is 0 Å². The van der Waals surface area contributed by atoms with Crippen LogP contribution in [-0.2, 0) is 30.2 Å². The van der Waals surface area contributed by atoms with E-state index < -0.39 is 35.3 Å². The number of anilines is 1. The van der Waals surface area contributed by atoms with E-state index in [1.54, 1.807) is 61.5 Å². The fourth-order valence-corrected chi connectivity index (χ4v) is 3.43. The van der Waals surface area contributed by atoms with Gasteiger partial charge in [-0.3, -0.25) is 9.59 Å². The zero-order valence-corrected chi connectivity index (χ0v) is 22.3. The number of hydrogen-bond donors (Lipinski definition) is 0. The van der Waals surface area contributed by atoms with Crippen LogP contribution >= 0.6 is 11.8 Å². The van der Waals surface area contributed by atoms with E-state index in [0.717, 1.165) is 22.2 Å². The van der Waals surface area contributed by atoms with E-state index in [-0.39, 0.29) is 29.7 Å². The van der Waals surface area contributed by atoms with Crippen molar-refractivity contribution in [3.05, 3.63) is 23.4 Å². The number of carbonyl (C=O) groups excluding carboxylic acids is 4. The van der Waals surface area contributed by atoms with E-state index >= 15 is 0 Å². The molecular weight excluding hydrogens is 460 g/mol. The number of rotatable bonds is 7. The van der Waals surface area contributed by atoms with Crippen molar-refractivity contribution in [2.45, 2.75) is 79.9 Å². The van der Waals surface area contributed by atoms with Crippen LogP contribution in [0.4, 0.5) is 15.4 Å². The Hall–Kier alpha value is -2.62. The van der Waals surface area contributed by atoms with Crippen LogP contribution < -0.4 is 4.90 Å². The molecule has 0 bridgehead atoms. The first kappa shape index (κ1) is 29.4. The van der Waals surface area contributed by atoms with E-state index in [1.165, 1.54) is 13.1 Å². The minimum absolute atomic E-state index is 0.0375. The number of ether oxygens (including phenoxy) is 3. The molecule has 1 rings (SSSR count). The molecule has 0 saturated heterocycles. The van der Waals surface area contributed by atoms with Gasteiger partial charge < -0.3 is 14.2 Å². The minimum Gasteiger partial charge on any atom is -0.466 e. The van der Waals surface area contributed by atoms with Gasteiger partial charge >= 0.3 is 18.2 Å². The molecule has 1 aromatic rings. The predicted molar refractivity (Wildman–Crippen MR) is 131 cm³/mol. The normalized spacial score (nSPS) is 12.5. The molecule has 0 N–H and O–H groups in total. The molecule has 1 aromatic heterocycles. The molecule has 10 heteroatoms. The molecule has 1 heterocycles. The summed E-state index contributed by atoms with van der Waals surface area (Å²) in [6.07, 6.45) is -0.0407. The summed E-state index contributed by atoms with van der Waals surface area (Å²) in [6, 6.07) is 1.56. The van der Waals surface area contributed by atoms with Gasteiger partial charge in [-0.15, -0.1) is 0 Å². The zero-order chi connectivity index (χ0) is 26.3. The van der Waals surface area contributed by atoms with Crippen LogP contribution in [0.25, 0.3) is 0 Å². The van der Waals surface area contributed by atoms with E-state index in [0.29, 0.717) is 5.56 Å². The molecule has 0 radical (unpaired) electrons. The maximum atomic E-state index is 12.8. The van der Waals surface area contributed by atoms with Gasteiger partial charge in [0.2, 0.25) is 0 Å². The van der Waals surface area contributed by atoms with Crippen molar-refractivity contribution in [1.82, 2.24) is 4.98 Å². The fourth-order valence-electron chi connectivity index (χ4n) is 2.74. The average Bonchev–Trinajstić information content (AvgIpc) is 2.63. The molecule has 0 aliphatic rings. The van der Waals surface area contributed by atoms with Gasteiger partial charge in [0.1, 0.15) is 17.0 Å². The summed E-state index contributed by atoms with van der Waals surface area (Å²) in [5, 5.41) is -0.0927. The molecule has 0 aliphatic carbocycles. The van der Waals surface area contributed by atoms with Crippen LogP contribution in [0.15, 0.2) is 12.3 Å². The van der Waals surface area contributed by atoms with Crippen molar-refractivity contribution in [1.29, 1.82) is 0 Å². The number of carbonyl (C=O) groups is 4. The summed E-state index contributed by atoms with van der Waals surface area (Å²) >= 11 is 1.05. The highest BCUT2D eigenvalue weighted by Gasteiger charge is 2.34. The Balaban J connectivity index is 3.28. The number of pyridine rings is 1. The van der Waals surface area contributed by atoms with Crippen LogP contribution in [0.2, 0.25) is 0 Å². The summed E-state index contributed by atoms with van der Waals surface area (Å²) in [5.41, 5.74) is -0.259. The highest BCUT2D eigenvalue weighted by Crippen LogP contribution is 2.24. The van der Waals surface area contributed by atoms with Gasteiger partial charge in [-0.1, -0.05) is 11.8 Å². The standard InChI is InChI=1S/C24H36N2O7S/c1-10-31-20(28)18(14-34-16(3)27)12-17-13-25-19(11-15(17)2)26(21(29)32-23(4,5)6)22(30)33-24(7,8)9/h11,13,18H,10,12,14H2,1-9H3. The minimum atomic E-state index is -0.913. The molecule has 0 spiro atoms. The van der Waals surface area contributed by atoms with Crippen LogP contribution in [0.5, 0.6) is 0 Å². The maximum Gasteiger partial charge on any atom is 0.425 e. The smallest absolute Gasteiger partial charge is 0.425 e. The van der Waals surface area contributed by atoms with Crippen LogP contribution in [0, 0.1) is 12.8 Å². The molecule has 0 saturated carbocycles. The van der Waals surface area contributed by atoms with Gasteiger partial charge in [0, 0.05) is 18.9 Å². The third-order valence-electron chi connectivity index (χ3n) is 4.16. The van der Waals surface area contributed by atoms with Gasteiger partial charge in [0.25, 0.3) is 0 Å². The summed E-state index contributed by atoms with van der Waals surface area (Å²) in [5.74, 6) is -0.635. The molecule has 190 valence electrons. The molecule has 1 atom stereocenters. The number of aromatic nitrogens is 1. The van der Waals surface area contributed by atoms with Crippen molar-refractivity contribution in [2.75, 3.05) is 17.3 Å². The summed E-state index contributed by atoms with van der Waals surface area (Å²) in [4.78, 5) is 54.5. The van der Waals surface area contributed by atoms with Gasteiger partial charge in [-0.05, 0) is 79.0 Å². The van der Waals surface area contributed by atoms with E-state index in [2.05, 4.69) is 4.98 Å². The Morgan fingerprint density at radius 3 is 1.97 bits per heavy atom. The molecule has 34 heavy (non-hydrogen) atoms. The SMILES string of the molecule is CCOC(=O)C(CSC(C)=O)Cc1cnc(N(C(=O)OC(C)(C)C)C(=O)OC(C)(C)C)cc1C. The molecule has 2 amide bonds. The Labute approximate surface area is 205 Å². The van der Waals surface area contributed by atoms with E-state index in [4.69, 9.17) is 14.2 Å². The first-order valence-electron chi connectivity index (χ1n) is 11.1. The molecule has 0 aromatic carbocycles. The van der Waals surface area contributed by atoms with Crippen molar-refractivity contribution >= 4 is 40.9 Å². The predicted octanol–water partition coefficient (Wildman–Crippen LogP) is 5.07. The second-order valence-electron chi connectivity index (χ2n) is 9.72. The summed E-state index contributed by atoms with van der Waals surface area (Å²) < 4.78 is 15.9. The first-order valence-corrected chi connectivity index (χ1v) is 12.0. The second-order valence-corrected chi connectivity index (χ2v) is 10.9. The average molecular weight is 497 g/mol. The number of hydrogen-bond acceptors (Lipinski definition) is 9. The number of nitrogens with zero attached hydrogens (tertiary/aromatic N) is 2. The molecule has 0 aliphatic heterocycles. The van der Waals surface area contributed by atoms with Gasteiger partial charge in [0.15, 0.2) is 5.12 Å². The number of esters is 1. The Morgan fingerprint density at radius 2 is 1.56 bits per heavy atom. The molecule has 1 unspecified atom stereocenters. The van der Waals surface area contributed by atoms with Crippen molar-refractivity contribution in [3.8, 4) is 0 Å². The fraction of sp³-hybridized carbons (Fsp3) is 0.625. The number of thioether (sulfide) groups is 1. The lowest BCUT2D eigenvalue weighted by Gasteiger charge is -2.28. The Morgan fingerprint density at radius 1 is 1.03 bits per heavy atom. The topological polar surface area (TPSA) is 112 Å². The molecule has 9 nitrogen and oxygen atoms in total. The number of aryl methyl sites for hydroxylation is 1. The zero-order valence-electron chi connectivity index (χ0n) is 21.5. The van der Waals surface area contributed by atoms with Gasteiger partial charge in [-0.25, -0.2) is 14.6 Å². The third kappa shape index (κ3) is 10.1. The largest absolute Gasteiger partial charge is 0.466 e. The Bertz CT molecular complexity index is 876. The molecule has 0 fully saturated rings. The van der Waals surface area contributed by atoms with Crippen LogP contribution in [0.3, 0.4) is 0 Å². The summed E-state index contributed by atoms with van der Waals surface area (Å²) in [6.45, 7) is 15.3. The van der Waals surface area contributed by atoms with E-state index in [9.17, 15) is 19.2 Å². The van der Waals surface area contributed by atoms with Crippen molar-refractivity contribution < 1.29 is 33.4 Å². The first-order chi connectivity index (χ1) is 15.5. The second kappa shape index (κ2) is 12.2.